The Morgan fingerprint density at radius 1 is 1.04 bits per heavy atom. The zero-order valence-electron chi connectivity index (χ0n) is 13.5. The van der Waals surface area contributed by atoms with Gasteiger partial charge in [0, 0.05) is 17.5 Å². The number of amides is 1. The van der Waals surface area contributed by atoms with Crippen molar-refractivity contribution in [3.8, 4) is 5.75 Å². The van der Waals surface area contributed by atoms with Gasteiger partial charge in [-0.05, 0) is 48.2 Å². The van der Waals surface area contributed by atoms with Crippen LogP contribution in [0.5, 0.6) is 5.75 Å². The predicted octanol–water partition coefficient (Wildman–Crippen LogP) is 5.38. The van der Waals surface area contributed by atoms with Crippen LogP contribution in [0, 0.1) is 0 Å². The number of hydrogen-bond acceptors (Lipinski definition) is 2. The summed E-state index contributed by atoms with van der Waals surface area (Å²) >= 11 is 5.96. The van der Waals surface area contributed by atoms with Crippen LogP contribution < -0.4 is 10.1 Å². The van der Waals surface area contributed by atoms with E-state index in [-0.39, 0.29) is 0 Å². The molecular weight excluding hydrogens is 310 g/mol. The molecule has 3 nitrogen and oxygen atoms in total. The van der Waals surface area contributed by atoms with E-state index in [1.165, 1.54) is 11.1 Å². The lowest BCUT2D eigenvalue weighted by Crippen LogP contribution is -2.27. The van der Waals surface area contributed by atoms with Gasteiger partial charge in [-0.3, -0.25) is 0 Å². The number of carbonyl (C=O) groups is 1. The van der Waals surface area contributed by atoms with Crippen molar-refractivity contribution in [2.24, 2.45) is 0 Å². The monoisotopic (exact) mass is 331 g/mol. The van der Waals surface area contributed by atoms with E-state index in [0.29, 0.717) is 18.2 Å². The van der Waals surface area contributed by atoms with E-state index in [1.807, 2.05) is 43.3 Å². The fraction of sp³-hybridized carbons (Fsp3) is 0.316. The van der Waals surface area contributed by atoms with E-state index in [1.54, 1.807) is 0 Å². The second-order valence-corrected chi connectivity index (χ2v) is 5.83. The molecular formula is C19H22ClNO2. The maximum Gasteiger partial charge on any atom is 0.412 e. The van der Waals surface area contributed by atoms with Crippen LogP contribution in [0.3, 0.4) is 0 Å². The average Bonchev–Trinajstić information content (AvgIpc) is 2.57. The van der Waals surface area contributed by atoms with Crippen LogP contribution in [0.1, 0.15) is 43.7 Å². The Balaban J connectivity index is 2.07. The van der Waals surface area contributed by atoms with Gasteiger partial charge in [-0.2, -0.15) is 0 Å². The van der Waals surface area contributed by atoms with Crippen LogP contribution in [0.25, 0.3) is 0 Å². The topological polar surface area (TPSA) is 38.3 Å². The quantitative estimate of drug-likeness (QED) is 0.771. The molecule has 2 aromatic rings. The summed E-state index contributed by atoms with van der Waals surface area (Å²) in [4.78, 5) is 11.6. The van der Waals surface area contributed by atoms with Gasteiger partial charge in [-0.15, -0.1) is 0 Å². The van der Waals surface area contributed by atoms with Gasteiger partial charge >= 0.3 is 6.09 Å². The van der Waals surface area contributed by atoms with Crippen LogP contribution in [0.2, 0.25) is 5.02 Å². The van der Waals surface area contributed by atoms with Crippen molar-refractivity contribution in [3.05, 3.63) is 64.7 Å². The molecule has 0 saturated carbocycles. The molecule has 0 aliphatic rings. The van der Waals surface area contributed by atoms with E-state index in [9.17, 15) is 4.79 Å². The van der Waals surface area contributed by atoms with Crippen molar-refractivity contribution in [1.82, 2.24) is 5.32 Å². The third-order valence-corrected chi connectivity index (χ3v) is 3.94. The van der Waals surface area contributed by atoms with E-state index >= 15 is 0 Å². The van der Waals surface area contributed by atoms with Crippen LogP contribution in [-0.2, 0) is 0 Å². The molecule has 0 fully saturated rings. The standard InChI is InChI=1S/C19H22ClNO2/c1-3-13-21-19(22)23-17-11-7-15(8-12-17)18(4-2)14-5-9-16(20)10-6-14/h5-12,18H,3-4,13H2,1-2H3,(H,21,22). The molecule has 0 spiro atoms. The lowest BCUT2D eigenvalue weighted by Gasteiger charge is -2.16. The molecule has 0 heterocycles. The molecule has 23 heavy (non-hydrogen) atoms. The summed E-state index contributed by atoms with van der Waals surface area (Å²) in [6, 6.07) is 15.6. The Morgan fingerprint density at radius 3 is 2.13 bits per heavy atom. The number of hydrogen-bond donors (Lipinski definition) is 1. The van der Waals surface area contributed by atoms with Crippen LogP contribution in [-0.4, -0.2) is 12.6 Å². The average molecular weight is 332 g/mol. The molecule has 1 unspecified atom stereocenters. The molecule has 1 N–H and O–H groups in total. The second-order valence-electron chi connectivity index (χ2n) is 5.40. The molecule has 2 rings (SSSR count). The van der Waals surface area contributed by atoms with E-state index in [4.69, 9.17) is 16.3 Å². The molecule has 0 aromatic heterocycles. The van der Waals surface area contributed by atoms with Gasteiger partial charge in [-0.1, -0.05) is 49.7 Å². The maximum absolute atomic E-state index is 11.6. The third-order valence-electron chi connectivity index (χ3n) is 3.69. The largest absolute Gasteiger partial charge is 0.412 e. The first-order valence-electron chi connectivity index (χ1n) is 7.95. The van der Waals surface area contributed by atoms with E-state index in [0.717, 1.165) is 17.9 Å². The van der Waals surface area contributed by atoms with Gasteiger partial charge in [0.2, 0.25) is 0 Å². The lowest BCUT2D eigenvalue weighted by atomic mass is 9.89. The number of benzene rings is 2. The number of carbonyl (C=O) groups excluding carboxylic acids is 1. The Morgan fingerprint density at radius 2 is 1.61 bits per heavy atom. The predicted molar refractivity (Wildman–Crippen MR) is 94.3 cm³/mol. The van der Waals surface area contributed by atoms with Crippen molar-refractivity contribution in [2.45, 2.75) is 32.6 Å². The van der Waals surface area contributed by atoms with Crippen LogP contribution in [0.15, 0.2) is 48.5 Å². The summed E-state index contributed by atoms with van der Waals surface area (Å²) in [7, 11) is 0. The highest BCUT2D eigenvalue weighted by atomic mass is 35.5. The zero-order valence-corrected chi connectivity index (χ0v) is 14.3. The van der Waals surface area contributed by atoms with Crippen LogP contribution in [0.4, 0.5) is 4.79 Å². The van der Waals surface area contributed by atoms with Gasteiger partial charge in [0.25, 0.3) is 0 Å². The molecule has 4 heteroatoms. The van der Waals surface area contributed by atoms with Gasteiger partial charge < -0.3 is 10.1 Å². The van der Waals surface area contributed by atoms with Crippen molar-refractivity contribution in [2.75, 3.05) is 6.54 Å². The summed E-state index contributed by atoms with van der Waals surface area (Å²) < 4.78 is 5.24. The fourth-order valence-electron chi connectivity index (χ4n) is 2.50. The van der Waals surface area contributed by atoms with E-state index in [2.05, 4.69) is 24.4 Å². The van der Waals surface area contributed by atoms with Crippen molar-refractivity contribution >= 4 is 17.7 Å². The summed E-state index contributed by atoms with van der Waals surface area (Å²) in [5, 5.41) is 3.43. The Bertz CT molecular complexity index is 623. The minimum Gasteiger partial charge on any atom is -0.410 e. The Hall–Kier alpha value is -2.00. The van der Waals surface area contributed by atoms with Gasteiger partial charge in [0.15, 0.2) is 0 Å². The third kappa shape index (κ3) is 5.00. The number of ether oxygens (including phenoxy) is 1. The number of nitrogens with one attached hydrogen (secondary N) is 1. The lowest BCUT2D eigenvalue weighted by molar-refractivity contribution is 0.200. The highest BCUT2D eigenvalue weighted by molar-refractivity contribution is 6.30. The number of halogens is 1. The Labute approximate surface area is 142 Å². The van der Waals surface area contributed by atoms with Crippen molar-refractivity contribution in [1.29, 1.82) is 0 Å². The highest BCUT2D eigenvalue weighted by Gasteiger charge is 2.12. The second kappa shape index (κ2) is 8.59. The molecule has 2 aromatic carbocycles. The summed E-state index contributed by atoms with van der Waals surface area (Å²) in [6.45, 7) is 4.77. The van der Waals surface area contributed by atoms with Gasteiger partial charge in [-0.25, -0.2) is 4.79 Å². The molecule has 0 aliphatic carbocycles. The van der Waals surface area contributed by atoms with Gasteiger partial charge in [0.1, 0.15) is 5.75 Å². The molecule has 1 amide bonds. The normalized spacial score (nSPS) is 11.8. The number of rotatable bonds is 6. The highest BCUT2D eigenvalue weighted by Crippen LogP contribution is 2.29. The molecule has 0 radical (unpaired) electrons. The first-order chi connectivity index (χ1) is 11.1. The van der Waals surface area contributed by atoms with Gasteiger partial charge in [0.05, 0.1) is 0 Å². The molecule has 0 saturated heterocycles. The summed E-state index contributed by atoms with van der Waals surface area (Å²) in [5.74, 6) is 0.851. The SMILES string of the molecule is CCCNC(=O)Oc1ccc(C(CC)c2ccc(Cl)cc2)cc1. The van der Waals surface area contributed by atoms with E-state index < -0.39 is 6.09 Å². The molecule has 0 aliphatic heterocycles. The summed E-state index contributed by atoms with van der Waals surface area (Å²) in [6.07, 6.45) is 1.45. The minimum absolute atomic E-state index is 0.301. The summed E-state index contributed by atoms with van der Waals surface area (Å²) in [5.41, 5.74) is 2.42. The first kappa shape index (κ1) is 17.4. The maximum atomic E-state index is 11.6. The molecule has 0 bridgehead atoms. The Kier molecular flexibility index (Phi) is 6.48. The molecule has 122 valence electrons. The van der Waals surface area contributed by atoms with Crippen molar-refractivity contribution < 1.29 is 9.53 Å². The smallest absolute Gasteiger partial charge is 0.410 e. The van der Waals surface area contributed by atoms with Crippen molar-refractivity contribution in [3.63, 3.8) is 0 Å². The molecule has 1 atom stereocenters. The fourth-order valence-corrected chi connectivity index (χ4v) is 2.62. The van der Waals surface area contributed by atoms with Crippen LogP contribution >= 0.6 is 11.6 Å². The minimum atomic E-state index is -0.413. The zero-order chi connectivity index (χ0) is 16.7. The first-order valence-corrected chi connectivity index (χ1v) is 8.33.